The van der Waals surface area contributed by atoms with Crippen molar-refractivity contribution in [2.75, 3.05) is 34.0 Å². The molecule has 1 aromatic carbocycles. The molecule has 3 heterocycles. The van der Waals surface area contributed by atoms with Crippen molar-refractivity contribution in [3.05, 3.63) is 61.0 Å². The number of rotatable bonds is 6. The number of halogens is 1. The van der Waals surface area contributed by atoms with Gasteiger partial charge in [-0.25, -0.2) is 0 Å². The molecule has 2 aromatic rings. The third kappa shape index (κ3) is 4.62. The van der Waals surface area contributed by atoms with E-state index in [1.165, 1.54) is 7.11 Å². The third-order valence-electron chi connectivity index (χ3n) is 6.74. The molecule has 1 fully saturated rings. The normalized spacial score (nSPS) is 20.1. The molecule has 1 aromatic heterocycles. The number of aromatic nitrogens is 1. The van der Waals surface area contributed by atoms with E-state index in [0.717, 1.165) is 29.3 Å². The van der Waals surface area contributed by atoms with Crippen molar-refractivity contribution in [1.29, 1.82) is 0 Å². The Balaban J connectivity index is 1.70. The first-order valence-electron chi connectivity index (χ1n) is 11.3. The maximum Gasteiger partial charge on any atom is 0.256 e. The molecule has 0 saturated carbocycles. The molecule has 0 unspecified atom stereocenters. The van der Waals surface area contributed by atoms with Crippen LogP contribution in [0.4, 0.5) is 0 Å². The molecule has 2 atom stereocenters. The predicted molar refractivity (Wildman–Crippen MR) is 131 cm³/mol. The molecule has 9 heteroatoms. The van der Waals surface area contributed by atoms with Gasteiger partial charge in [-0.05, 0) is 43.5 Å². The number of carbonyl (C=O) groups is 1. The van der Waals surface area contributed by atoms with Crippen LogP contribution in [0.2, 0.25) is 16.6 Å². The van der Waals surface area contributed by atoms with E-state index in [2.05, 4.69) is 11.1 Å². The van der Waals surface area contributed by atoms with E-state index < -0.39 is 0 Å². The summed E-state index contributed by atoms with van der Waals surface area (Å²) in [6.07, 6.45) is 0.495. The minimum atomic E-state index is -0.362. The van der Waals surface area contributed by atoms with E-state index in [9.17, 15) is 9.59 Å². The topological polar surface area (TPSA) is 80.9 Å². The summed E-state index contributed by atoms with van der Waals surface area (Å²) in [5.74, 6) is 0.313. The molecule has 178 valence electrons. The molecule has 33 heavy (non-hydrogen) atoms. The predicted octanol–water partition coefficient (Wildman–Crippen LogP) is 2.95. The summed E-state index contributed by atoms with van der Waals surface area (Å²) in [7, 11) is 2.86. The zero-order valence-corrected chi connectivity index (χ0v) is 21.8. The van der Waals surface area contributed by atoms with Crippen molar-refractivity contribution in [3.63, 3.8) is 0 Å². The van der Waals surface area contributed by atoms with Crippen molar-refractivity contribution in [3.8, 4) is 5.75 Å². The van der Waals surface area contributed by atoms with E-state index in [4.69, 9.17) is 25.8 Å². The van der Waals surface area contributed by atoms with E-state index >= 15 is 0 Å². The molecule has 1 N–H and O–H groups in total. The quantitative estimate of drug-likeness (QED) is 0.630. The van der Waals surface area contributed by atoms with Crippen LogP contribution in [-0.2, 0) is 22.4 Å². The molecule has 2 aliphatic heterocycles. The van der Waals surface area contributed by atoms with Gasteiger partial charge >= 0.3 is 0 Å². The first kappa shape index (κ1) is 24.0. The maximum absolute atomic E-state index is 13.6. The molecule has 1 saturated heterocycles. The summed E-state index contributed by atoms with van der Waals surface area (Å²) >= 11 is 6.92. The highest BCUT2D eigenvalue weighted by molar-refractivity contribution is 6.38. The average Bonchev–Trinajstić information content (AvgIpc) is 2.80. The molecule has 0 bridgehead atoms. The number of pyridine rings is 1. The molecule has 0 radical (unpaired) electrons. The van der Waals surface area contributed by atoms with Crippen LogP contribution < -0.4 is 10.3 Å². The lowest BCUT2D eigenvalue weighted by Crippen LogP contribution is -2.39. The maximum atomic E-state index is 13.6. The van der Waals surface area contributed by atoms with Gasteiger partial charge in [-0.15, -0.1) is 0 Å². The third-order valence-corrected chi connectivity index (χ3v) is 9.25. The van der Waals surface area contributed by atoms with Gasteiger partial charge in [-0.2, -0.15) is 0 Å². The van der Waals surface area contributed by atoms with Crippen LogP contribution in [0.25, 0.3) is 0 Å². The molecule has 2 aliphatic rings. The van der Waals surface area contributed by atoms with Gasteiger partial charge < -0.3 is 24.1 Å². The summed E-state index contributed by atoms with van der Waals surface area (Å²) in [4.78, 5) is 30.7. The van der Waals surface area contributed by atoms with E-state index in [1.807, 2.05) is 6.92 Å². The number of hydrogen-bond acceptors (Lipinski definition) is 5. The van der Waals surface area contributed by atoms with Gasteiger partial charge in [0.05, 0.1) is 35.9 Å². The summed E-state index contributed by atoms with van der Waals surface area (Å²) in [5, 5.41) is 0.460. The Morgan fingerprint density at radius 2 is 2.09 bits per heavy atom. The van der Waals surface area contributed by atoms with Crippen LogP contribution in [0.3, 0.4) is 0 Å². The number of nitrogens with one attached hydrogen (secondary N) is 1. The second kappa shape index (κ2) is 10.0. The molecular weight excluding hydrogens is 460 g/mol. The Bertz CT molecular complexity index is 1110. The molecule has 4 rings (SSSR count). The largest absolute Gasteiger partial charge is 0.496 e. The summed E-state index contributed by atoms with van der Waals surface area (Å²) in [6, 6.07) is 4.97. The smallest absolute Gasteiger partial charge is 0.256 e. The van der Waals surface area contributed by atoms with Crippen molar-refractivity contribution in [1.82, 2.24) is 9.88 Å². The highest BCUT2D eigenvalue weighted by atomic mass is 35.5. The zero-order valence-electron chi connectivity index (χ0n) is 19.6. The van der Waals surface area contributed by atoms with Crippen molar-refractivity contribution < 1.29 is 19.0 Å². The fourth-order valence-electron chi connectivity index (χ4n) is 5.05. The molecule has 1 amide bonds. The second-order valence-electron chi connectivity index (χ2n) is 8.89. The number of amides is 1. The number of nitrogens with zero attached hydrogens (tertiary/aromatic N) is 1. The van der Waals surface area contributed by atoms with Gasteiger partial charge in [-0.3, -0.25) is 9.59 Å². The second-order valence-corrected chi connectivity index (χ2v) is 11.6. The summed E-state index contributed by atoms with van der Waals surface area (Å²) in [5.41, 5.74) is 4.63. The van der Waals surface area contributed by atoms with Gasteiger partial charge in [0.2, 0.25) is 0 Å². The van der Waals surface area contributed by atoms with Gasteiger partial charge in [0.15, 0.2) is 0 Å². The summed E-state index contributed by atoms with van der Waals surface area (Å²) in [6.45, 7) is 5.99. The Labute approximate surface area is 201 Å². The average molecular weight is 491 g/mol. The Morgan fingerprint density at radius 1 is 1.30 bits per heavy atom. The number of benzene rings is 1. The lowest BCUT2D eigenvalue weighted by molar-refractivity contribution is 0.0470. The van der Waals surface area contributed by atoms with E-state index in [0.29, 0.717) is 52.7 Å². The number of methoxy groups -OCH3 is 2. The van der Waals surface area contributed by atoms with Gasteiger partial charge in [0.25, 0.3) is 11.5 Å². The highest BCUT2D eigenvalue weighted by Crippen LogP contribution is 2.41. The number of carbonyl (C=O) groups excluding carboxylic acids is 1. The van der Waals surface area contributed by atoms with Crippen molar-refractivity contribution >= 4 is 27.0 Å². The van der Waals surface area contributed by atoms with Gasteiger partial charge in [-0.1, -0.05) is 17.7 Å². The van der Waals surface area contributed by atoms with Crippen molar-refractivity contribution in [2.45, 2.75) is 44.5 Å². The lowest BCUT2D eigenvalue weighted by Gasteiger charge is -2.34. The molecule has 0 spiro atoms. The first-order valence-corrected chi connectivity index (χ1v) is 13.5. The number of ether oxygens (including phenoxy) is 3. The SMILES string of the molecule is COc1cc(C)[nH]c(=O)c1CN1CCc2c(C)cc([C@@H](OC)[C@@H]3COCC[SiH2]3)c(Cl)c2C1=O. The fourth-order valence-corrected chi connectivity index (χ4v) is 7.39. The van der Waals surface area contributed by atoms with Crippen LogP contribution in [0.5, 0.6) is 5.75 Å². The fraction of sp³-hybridized carbons (Fsp3) is 0.500. The first-order chi connectivity index (χ1) is 15.8. The zero-order chi connectivity index (χ0) is 23.7. The lowest BCUT2D eigenvalue weighted by atomic mass is 9.89. The minimum Gasteiger partial charge on any atom is -0.496 e. The number of aryl methyl sites for hydroxylation is 2. The van der Waals surface area contributed by atoms with Crippen LogP contribution in [0.1, 0.15) is 44.4 Å². The van der Waals surface area contributed by atoms with E-state index in [1.54, 1.807) is 25.0 Å². The summed E-state index contributed by atoms with van der Waals surface area (Å²) < 4.78 is 17.0. The Hall–Kier alpha value is -2.13. The number of H-pyrrole nitrogens is 1. The molecule has 7 nitrogen and oxygen atoms in total. The monoisotopic (exact) mass is 490 g/mol. The molecule has 0 aliphatic carbocycles. The van der Waals surface area contributed by atoms with Crippen molar-refractivity contribution in [2.24, 2.45) is 0 Å². The number of aromatic amines is 1. The standard InChI is InChI=1S/C24H31ClN2O5Si/c1-13-9-16(22(31-4)19-12-32-7-8-33-19)21(25)20-15(13)5-6-27(24(20)29)11-17-18(30-3)10-14(2)26-23(17)28/h9-10,19,22H,5-8,11-12,33H2,1-4H3,(H,26,28)/t19-,22+/m0/s1. The van der Waals surface area contributed by atoms with Crippen LogP contribution in [0.15, 0.2) is 16.9 Å². The van der Waals surface area contributed by atoms with E-state index in [-0.39, 0.29) is 33.6 Å². The van der Waals surface area contributed by atoms with Crippen LogP contribution in [0, 0.1) is 13.8 Å². The minimum absolute atomic E-state index is 0.160. The van der Waals surface area contributed by atoms with Gasteiger partial charge in [0.1, 0.15) is 5.75 Å². The number of hydrogen-bond donors (Lipinski definition) is 1. The van der Waals surface area contributed by atoms with Crippen LogP contribution in [-0.4, -0.2) is 59.3 Å². The Kier molecular flexibility index (Phi) is 7.28. The van der Waals surface area contributed by atoms with Gasteiger partial charge in [0, 0.05) is 53.2 Å². The Morgan fingerprint density at radius 3 is 2.76 bits per heavy atom. The molecular formula is C24H31ClN2O5Si. The van der Waals surface area contributed by atoms with Crippen LogP contribution >= 0.6 is 11.6 Å². The number of fused-ring (bicyclic) bond motifs is 1. The highest BCUT2D eigenvalue weighted by Gasteiger charge is 2.34.